The minimum absolute atomic E-state index is 0.0850. The number of unbranched alkanes of at least 4 members (excludes halogenated alkanes) is 2. The number of carboxylic acid groups (broad SMARTS) is 1. The summed E-state index contributed by atoms with van der Waals surface area (Å²) in [5, 5.41) is 9.59. The second kappa shape index (κ2) is 6.28. The summed E-state index contributed by atoms with van der Waals surface area (Å²) in [4.78, 5) is 11.1. The van der Waals surface area contributed by atoms with Gasteiger partial charge in [0, 0.05) is 12.7 Å². The molecule has 1 rings (SSSR count). The number of hydrogen-bond acceptors (Lipinski definition) is 1. The Morgan fingerprint density at radius 3 is 2.67 bits per heavy atom. The number of halogens is 1. The molecule has 3 nitrogen and oxygen atoms in total. The van der Waals surface area contributed by atoms with Gasteiger partial charge in [-0.1, -0.05) is 51.6 Å². The fourth-order valence-electron chi connectivity index (χ4n) is 2.18. The summed E-state index contributed by atoms with van der Waals surface area (Å²) in [5.41, 5.74) is 0.352. The summed E-state index contributed by atoms with van der Waals surface area (Å²) in [5.74, 6) is -0.925. The molecule has 0 aliphatic carbocycles. The lowest BCUT2D eigenvalue weighted by Gasteiger charge is -2.26. The molecule has 0 bridgehead atoms. The number of hydrogen-bond donors (Lipinski definition) is 1. The summed E-state index contributed by atoms with van der Waals surface area (Å²) in [6, 6.07) is 1.51. The van der Waals surface area contributed by atoms with Gasteiger partial charge in [0.1, 0.15) is 5.69 Å². The third-order valence-corrected chi connectivity index (χ3v) is 3.34. The zero-order valence-corrected chi connectivity index (χ0v) is 12.1. The highest BCUT2D eigenvalue weighted by Crippen LogP contribution is 2.28. The number of nitrogens with zero attached hydrogens (tertiary/aromatic N) is 1. The van der Waals surface area contributed by atoms with Crippen LogP contribution in [0.4, 0.5) is 0 Å². The fourth-order valence-corrected chi connectivity index (χ4v) is 2.40. The second-order valence-electron chi connectivity index (χ2n) is 5.60. The van der Waals surface area contributed by atoms with E-state index in [2.05, 4.69) is 20.8 Å². The predicted octanol–water partition coefficient (Wildman–Crippen LogP) is 4.45. The van der Waals surface area contributed by atoms with Gasteiger partial charge in [0.2, 0.25) is 0 Å². The van der Waals surface area contributed by atoms with Gasteiger partial charge < -0.3 is 9.67 Å². The van der Waals surface area contributed by atoms with E-state index in [1.54, 1.807) is 10.8 Å². The van der Waals surface area contributed by atoms with Crippen LogP contribution in [0.1, 0.15) is 56.9 Å². The maximum atomic E-state index is 11.1. The Hall–Kier alpha value is -0.960. The Balaban J connectivity index is 2.73. The van der Waals surface area contributed by atoms with Crippen molar-refractivity contribution in [2.45, 2.75) is 53.0 Å². The molecule has 0 aliphatic heterocycles. The number of aromatic carboxylic acids is 1. The molecule has 0 saturated heterocycles. The highest BCUT2D eigenvalue weighted by molar-refractivity contribution is 6.30. The van der Waals surface area contributed by atoms with Crippen LogP contribution in [0.5, 0.6) is 0 Å². The summed E-state index contributed by atoms with van der Waals surface area (Å²) in [6.07, 6.45) is 6.40. The molecule has 0 saturated carbocycles. The summed E-state index contributed by atoms with van der Waals surface area (Å²) in [7, 11) is 0. The van der Waals surface area contributed by atoms with Crippen molar-refractivity contribution in [2.24, 2.45) is 5.41 Å². The molecular weight excluding hydrogens is 250 g/mol. The molecular formula is C14H22ClNO2. The highest BCUT2D eigenvalue weighted by atomic mass is 35.5. The van der Waals surface area contributed by atoms with Gasteiger partial charge in [-0.15, -0.1) is 0 Å². The number of carboxylic acids is 1. The van der Waals surface area contributed by atoms with Crippen molar-refractivity contribution in [1.29, 1.82) is 0 Å². The molecule has 1 aromatic rings. The Bertz CT molecular complexity index is 410. The molecule has 0 aromatic carbocycles. The van der Waals surface area contributed by atoms with E-state index in [0.717, 1.165) is 6.42 Å². The normalized spacial score (nSPS) is 11.8. The van der Waals surface area contributed by atoms with Gasteiger partial charge in [-0.25, -0.2) is 4.79 Å². The van der Waals surface area contributed by atoms with Crippen molar-refractivity contribution in [3.05, 3.63) is 23.0 Å². The molecule has 1 aromatic heterocycles. The largest absolute Gasteiger partial charge is 0.477 e. The van der Waals surface area contributed by atoms with E-state index in [9.17, 15) is 4.79 Å². The number of carbonyl (C=O) groups is 1. The van der Waals surface area contributed by atoms with Gasteiger partial charge >= 0.3 is 5.97 Å². The van der Waals surface area contributed by atoms with Gasteiger partial charge in [-0.2, -0.15) is 0 Å². The van der Waals surface area contributed by atoms with Crippen LogP contribution in [-0.4, -0.2) is 15.6 Å². The van der Waals surface area contributed by atoms with Gasteiger partial charge in [-0.3, -0.25) is 0 Å². The molecule has 0 spiro atoms. The van der Waals surface area contributed by atoms with Crippen molar-refractivity contribution >= 4 is 17.6 Å². The van der Waals surface area contributed by atoms with Crippen molar-refractivity contribution in [2.75, 3.05) is 0 Å². The summed E-state index contributed by atoms with van der Waals surface area (Å²) >= 11 is 5.88. The standard InChI is InChI=1S/C14H22ClNO2/c1-4-5-6-7-14(2,3)10-16-9-11(15)8-12(16)13(17)18/h8-9H,4-7,10H2,1-3H3,(H,17,18). The Morgan fingerprint density at radius 2 is 2.11 bits per heavy atom. The average molecular weight is 272 g/mol. The molecule has 1 heterocycles. The van der Waals surface area contributed by atoms with Crippen LogP contribution in [0.2, 0.25) is 5.02 Å². The van der Waals surface area contributed by atoms with Crippen molar-refractivity contribution in [3.63, 3.8) is 0 Å². The Labute approximate surface area is 114 Å². The Morgan fingerprint density at radius 1 is 1.44 bits per heavy atom. The van der Waals surface area contributed by atoms with Crippen LogP contribution in [0.25, 0.3) is 0 Å². The van der Waals surface area contributed by atoms with E-state index in [1.165, 1.54) is 25.3 Å². The smallest absolute Gasteiger partial charge is 0.352 e. The first-order valence-electron chi connectivity index (χ1n) is 6.44. The van der Waals surface area contributed by atoms with Crippen molar-refractivity contribution in [3.8, 4) is 0 Å². The van der Waals surface area contributed by atoms with E-state index in [4.69, 9.17) is 16.7 Å². The van der Waals surface area contributed by atoms with E-state index in [1.807, 2.05) is 0 Å². The van der Waals surface area contributed by atoms with Crippen LogP contribution in [-0.2, 0) is 6.54 Å². The van der Waals surface area contributed by atoms with Crippen molar-refractivity contribution in [1.82, 2.24) is 4.57 Å². The molecule has 4 heteroatoms. The van der Waals surface area contributed by atoms with E-state index >= 15 is 0 Å². The quantitative estimate of drug-likeness (QED) is 0.745. The third-order valence-electron chi connectivity index (χ3n) is 3.14. The molecule has 0 aliphatic rings. The second-order valence-corrected chi connectivity index (χ2v) is 6.03. The molecule has 18 heavy (non-hydrogen) atoms. The first-order chi connectivity index (χ1) is 8.35. The molecule has 1 N–H and O–H groups in total. The predicted molar refractivity (Wildman–Crippen MR) is 74.3 cm³/mol. The minimum Gasteiger partial charge on any atom is -0.477 e. The topological polar surface area (TPSA) is 42.2 Å². The molecule has 0 atom stereocenters. The molecule has 0 unspecified atom stereocenters. The van der Waals surface area contributed by atoms with E-state index < -0.39 is 5.97 Å². The van der Waals surface area contributed by atoms with Crippen LogP contribution in [0, 0.1) is 5.41 Å². The zero-order chi connectivity index (χ0) is 13.8. The third kappa shape index (κ3) is 4.37. The first-order valence-corrected chi connectivity index (χ1v) is 6.82. The zero-order valence-electron chi connectivity index (χ0n) is 11.4. The SMILES string of the molecule is CCCCCC(C)(C)Cn1cc(Cl)cc1C(=O)O. The maximum Gasteiger partial charge on any atom is 0.352 e. The summed E-state index contributed by atoms with van der Waals surface area (Å²) < 4.78 is 1.75. The van der Waals surface area contributed by atoms with Gasteiger partial charge in [-0.05, 0) is 17.9 Å². The molecule has 102 valence electrons. The minimum atomic E-state index is -0.925. The number of rotatable bonds is 7. The van der Waals surface area contributed by atoms with E-state index in [0.29, 0.717) is 11.6 Å². The number of aromatic nitrogens is 1. The Kier molecular flexibility index (Phi) is 5.27. The van der Waals surface area contributed by atoms with Crippen LogP contribution >= 0.6 is 11.6 Å². The van der Waals surface area contributed by atoms with E-state index in [-0.39, 0.29) is 11.1 Å². The van der Waals surface area contributed by atoms with Gasteiger partial charge in [0.15, 0.2) is 0 Å². The highest BCUT2D eigenvalue weighted by Gasteiger charge is 2.21. The summed E-state index contributed by atoms with van der Waals surface area (Å²) in [6.45, 7) is 7.21. The van der Waals surface area contributed by atoms with Crippen molar-refractivity contribution < 1.29 is 9.90 Å². The molecule has 0 radical (unpaired) electrons. The molecule has 0 amide bonds. The van der Waals surface area contributed by atoms with Gasteiger partial charge in [0.25, 0.3) is 0 Å². The maximum absolute atomic E-state index is 11.1. The van der Waals surface area contributed by atoms with Crippen LogP contribution in [0.3, 0.4) is 0 Å². The lowest BCUT2D eigenvalue weighted by atomic mass is 9.86. The monoisotopic (exact) mass is 271 g/mol. The van der Waals surface area contributed by atoms with Crippen LogP contribution in [0.15, 0.2) is 12.3 Å². The average Bonchev–Trinajstić information content (AvgIpc) is 2.58. The van der Waals surface area contributed by atoms with Gasteiger partial charge in [0.05, 0.1) is 5.02 Å². The fraction of sp³-hybridized carbons (Fsp3) is 0.643. The lowest BCUT2D eigenvalue weighted by Crippen LogP contribution is -2.21. The first kappa shape index (κ1) is 15.1. The lowest BCUT2D eigenvalue weighted by molar-refractivity contribution is 0.0682. The molecule has 0 fully saturated rings. The van der Waals surface area contributed by atoms with Crippen LogP contribution < -0.4 is 0 Å².